The van der Waals surface area contributed by atoms with E-state index in [4.69, 9.17) is 8.83 Å². The van der Waals surface area contributed by atoms with Crippen molar-refractivity contribution in [2.45, 2.75) is 37.8 Å². The topological polar surface area (TPSA) is 136 Å². The number of hydrogen-bond donors (Lipinski definition) is 2. The second-order valence-corrected chi connectivity index (χ2v) is 4.93. The Labute approximate surface area is 124 Å². The number of nitrogens with zero attached hydrogens (tertiary/aromatic N) is 4. The molecule has 0 saturated heterocycles. The average Bonchev–Trinajstić information content (AvgIpc) is 3.23. The van der Waals surface area contributed by atoms with Gasteiger partial charge < -0.3 is 19.5 Å². The summed E-state index contributed by atoms with van der Waals surface area (Å²) in [6.45, 7) is 0. The molecule has 22 heavy (non-hydrogen) atoms. The van der Waals surface area contributed by atoms with E-state index in [1.807, 2.05) is 0 Å². The molecule has 0 bridgehead atoms. The van der Waals surface area contributed by atoms with E-state index < -0.39 is 11.8 Å². The van der Waals surface area contributed by atoms with E-state index in [9.17, 15) is 9.59 Å². The molecule has 1 saturated carbocycles. The zero-order chi connectivity index (χ0) is 15.4. The number of carbonyl (C=O) groups is 2. The minimum absolute atomic E-state index is 0.104. The molecule has 2 heterocycles. The molecule has 3 rings (SSSR count). The molecule has 2 aromatic heterocycles. The van der Waals surface area contributed by atoms with E-state index in [0.717, 1.165) is 38.5 Å². The Bertz CT molecular complexity index is 570. The van der Waals surface area contributed by atoms with Crippen LogP contribution >= 0.6 is 0 Å². The normalized spacial score (nSPS) is 21.3. The van der Waals surface area contributed by atoms with E-state index in [-0.39, 0.29) is 23.9 Å². The molecule has 1 fully saturated rings. The first-order valence-electron chi connectivity index (χ1n) is 6.88. The summed E-state index contributed by atoms with van der Waals surface area (Å²) in [6, 6.07) is -0.444. The maximum absolute atomic E-state index is 12.0. The molecule has 0 aliphatic heterocycles. The van der Waals surface area contributed by atoms with Crippen LogP contribution in [0.2, 0.25) is 0 Å². The lowest BCUT2D eigenvalue weighted by atomic mass is 9.90. The Balaban J connectivity index is 1.63. The number of nitrogens with one attached hydrogen (secondary N) is 2. The summed E-state index contributed by atoms with van der Waals surface area (Å²) in [5, 5.41) is 19.7. The van der Waals surface area contributed by atoms with Gasteiger partial charge >= 0.3 is 23.6 Å². The van der Waals surface area contributed by atoms with E-state index in [1.54, 1.807) is 0 Å². The SMILES string of the molecule is O=C(NC1CCCCC1NC(=O)c1nnco1)c1nnco1. The van der Waals surface area contributed by atoms with Crippen LogP contribution < -0.4 is 10.6 Å². The molecule has 2 aromatic rings. The molecule has 10 nitrogen and oxygen atoms in total. The van der Waals surface area contributed by atoms with Gasteiger partial charge in [-0.15, -0.1) is 20.4 Å². The van der Waals surface area contributed by atoms with E-state index in [2.05, 4.69) is 31.0 Å². The van der Waals surface area contributed by atoms with Crippen molar-refractivity contribution < 1.29 is 18.4 Å². The molecular weight excluding hydrogens is 292 g/mol. The van der Waals surface area contributed by atoms with Crippen LogP contribution in [0.15, 0.2) is 21.6 Å². The van der Waals surface area contributed by atoms with Crippen LogP contribution in [0.1, 0.15) is 47.1 Å². The minimum Gasteiger partial charge on any atom is -0.420 e. The van der Waals surface area contributed by atoms with Gasteiger partial charge in [-0.05, 0) is 12.8 Å². The third-order valence-corrected chi connectivity index (χ3v) is 3.51. The summed E-state index contributed by atoms with van der Waals surface area (Å²) in [6.07, 6.45) is 5.59. The Morgan fingerprint density at radius 1 is 0.909 bits per heavy atom. The molecule has 116 valence electrons. The fourth-order valence-electron chi connectivity index (χ4n) is 2.48. The highest BCUT2D eigenvalue weighted by Gasteiger charge is 2.30. The fourth-order valence-corrected chi connectivity index (χ4v) is 2.48. The molecule has 0 radical (unpaired) electrons. The molecule has 2 N–H and O–H groups in total. The first-order valence-corrected chi connectivity index (χ1v) is 6.88. The number of rotatable bonds is 4. The van der Waals surface area contributed by atoms with E-state index >= 15 is 0 Å². The van der Waals surface area contributed by atoms with Crippen molar-refractivity contribution in [2.24, 2.45) is 0 Å². The van der Waals surface area contributed by atoms with Crippen LogP contribution in [0.3, 0.4) is 0 Å². The van der Waals surface area contributed by atoms with E-state index in [0.29, 0.717) is 0 Å². The summed E-state index contributed by atoms with van der Waals surface area (Å²) in [4.78, 5) is 23.9. The Morgan fingerprint density at radius 2 is 1.36 bits per heavy atom. The second-order valence-electron chi connectivity index (χ2n) is 4.93. The number of aromatic nitrogens is 4. The Hall–Kier alpha value is -2.78. The third-order valence-electron chi connectivity index (χ3n) is 3.51. The quantitative estimate of drug-likeness (QED) is 0.800. The standard InChI is InChI=1S/C12H14N6O4/c19-9(11-17-13-5-21-11)15-7-3-1-2-4-8(7)16-10(20)12-18-14-6-22-12/h5-8H,1-4H2,(H,15,19)(H,16,20). The van der Waals surface area contributed by atoms with E-state index in [1.165, 1.54) is 0 Å². The van der Waals surface area contributed by atoms with Crippen molar-refractivity contribution >= 4 is 11.8 Å². The highest BCUT2D eigenvalue weighted by molar-refractivity contribution is 5.90. The summed E-state index contributed by atoms with van der Waals surface area (Å²) >= 11 is 0. The van der Waals surface area contributed by atoms with Crippen LogP contribution in [0, 0.1) is 0 Å². The predicted molar refractivity (Wildman–Crippen MR) is 69.6 cm³/mol. The van der Waals surface area contributed by atoms with Crippen LogP contribution in [-0.4, -0.2) is 44.3 Å². The van der Waals surface area contributed by atoms with Gasteiger partial charge in [-0.25, -0.2) is 0 Å². The van der Waals surface area contributed by atoms with Crippen LogP contribution in [0.5, 0.6) is 0 Å². The van der Waals surface area contributed by atoms with Gasteiger partial charge in [-0.1, -0.05) is 12.8 Å². The minimum atomic E-state index is -0.457. The van der Waals surface area contributed by atoms with Crippen molar-refractivity contribution in [2.75, 3.05) is 0 Å². The second kappa shape index (κ2) is 6.33. The number of carbonyl (C=O) groups excluding carboxylic acids is 2. The monoisotopic (exact) mass is 306 g/mol. The van der Waals surface area contributed by atoms with Gasteiger partial charge in [-0.3, -0.25) is 9.59 Å². The van der Waals surface area contributed by atoms with Crippen molar-refractivity contribution in [1.82, 2.24) is 31.0 Å². The van der Waals surface area contributed by atoms with Crippen molar-refractivity contribution in [3.8, 4) is 0 Å². The third kappa shape index (κ3) is 3.10. The van der Waals surface area contributed by atoms with Gasteiger partial charge in [0, 0.05) is 12.1 Å². The lowest BCUT2D eigenvalue weighted by Crippen LogP contribution is -2.53. The van der Waals surface area contributed by atoms with Gasteiger partial charge in [-0.2, -0.15) is 0 Å². The highest BCUT2D eigenvalue weighted by atomic mass is 16.4. The van der Waals surface area contributed by atoms with Crippen LogP contribution in [0.25, 0.3) is 0 Å². The predicted octanol–water partition coefficient (Wildman–Crippen LogP) is -0.0764. The van der Waals surface area contributed by atoms with Crippen molar-refractivity contribution in [3.63, 3.8) is 0 Å². The molecule has 1 aliphatic rings. The molecule has 2 atom stereocenters. The first-order chi connectivity index (χ1) is 10.7. The molecular formula is C12H14N6O4. The largest absolute Gasteiger partial charge is 0.420 e. The fraction of sp³-hybridized carbons (Fsp3) is 0.500. The molecule has 10 heteroatoms. The summed E-state index contributed by atoms with van der Waals surface area (Å²) in [5.74, 6) is -1.12. The summed E-state index contributed by atoms with van der Waals surface area (Å²) in [5.41, 5.74) is 0. The number of hydrogen-bond acceptors (Lipinski definition) is 8. The zero-order valence-corrected chi connectivity index (χ0v) is 11.6. The molecule has 2 amide bonds. The summed E-state index contributed by atoms with van der Waals surface area (Å²) in [7, 11) is 0. The van der Waals surface area contributed by atoms with Crippen molar-refractivity contribution in [3.05, 3.63) is 24.6 Å². The van der Waals surface area contributed by atoms with Gasteiger partial charge in [0.25, 0.3) is 0 Å². The Morgan fingerprint density at radius 3 is 1.73 bits per heavy atom. The number of amides is 2. The Kier molecular flexibility index (Phi) is 4.08. The van der Waals surface area contributed by atoms with Gasteiger partial charge in [0.2, 0.25) is 12.8 Å². The molecule has 2 unspecified atom stereocenters. The molecule has 0 spiro atoms. The zero-order valence-electron chi connectivity index (χ0n) is 11.6. The lowest BCUT2D eigenvalue weighted by Gasteiger charge is -2.32. The average molecular weight is 306 g/mol. The maximum atomic E-state index is 12.0. The first kappa shape index (κ1) is 14.2. The highest BCUT2D eigenvalue weighted by Crippen LogP contribution is 2.19. The summed E-state index contributed by atoms with van der Waals surface area (Å²) < 4.78 is 9.71. The van der Waals surface area contributed by atoms with Gasteiger partial charge in [0.15, 0.2) is 0 Å². The van der Waals surface area contributed by atoms with Gasteiger partial charge in [0.05, 0.1) is 0 Å². The van der Waals surface area contributed by atoms with Crippen LogP contribution in [0.4, 0.5) is 0 Å². The van der Waals surface area contributed by atoms with Crippen LogP contribution in [-0.2, 0) is 0 Å². The smallest absolute Gasteiger partial charge is 0.309 e. The molecule has 1 aliphatic carbocycles. The molecule has 0 aromatic carbocycles. The lowest BCUT2D eigenvalue weighted by molar-refractivity contribution is 0.0827. The maximum Gasteiger partial charge on any atom is 0.309 e. The van der Waals surface area contributed by atoms with Crippen molar-refractivity contribution in [1.29, 1.82) is 0 Å². The van der Waals surface area contributed by atoms with Gasteiger partial charge in [0.1, 0.15) is 0 Å².